The monoisotopic (exact) mass is 794 g/mol. The van der Waals surface area contributed by atoms with Crippen molar-refractivity contribution in [2.45, 2.75) is 231 Å². The third-order valence-corrected chi connectivity index (χ3v) is 10.5. The molecule has 0 aromatic carbocycles. The number of nitrogens with one attached hydrogen (secondary N) is 1. The maximum atomic E-state index is 13.4. The van der Waals surface area contributed by atoms with Crippen molar-refractivity contribution in [1.82, 2.24) is 5.32 Å². The molecule has 0 radical (unpaired) electrons. The first kappa shape index (κ1) is 50.4. The van der Waals surface area contributed by atoms with Gasteiger partial charge in [-0.1, -0.05) is 156 Å². The maximum Gasteiger partial charge on any atom is 0.470 e. The fraction of sp³-hybridized carbons (Fsp3) is 0.925. The van der Waals surface area contributed by atoms with Crippen molar-refractivity contribution in [2.75, 3.05) is 6.61 Å². The number of ether oxygens (including phenoxy) is 3. The Labute approximate surface area is 325 Å². The molecule has 54 heavy (non-hydrogen) atoms. The molecule has 1 fully saturated rings. The molecule has 0 aromatic heterocycles. The van der Waals surface area contributed by atoms with Crippen molar-refractivity contribution in [2.24, 2.45) is 0 Å². The topological polar surface area (TPSA) is 198 Å². The zero-order valence-electron chi connectivity index (χ0n) is 33.8. The summed E-state index contributed by atoms with van der Waals surface area (Å²) in [6, 6.07) is -1.45. The number of amides is 1. The number of carbonyl (C=O) groups is 3. The van der Waals surface area contributed by atoms with E-state index < -0.39 is 69.0 Å². The first-order valence-corrected chi connectivity index (χ1v) is 22.8. The number of aliphatic hydroxyl groups excluding tert-OH is 2. The van der Waals surface area contributed by atoms with Gasteiger partial charge < -0.3 is 39.5 Å². The molecule has 1 rings (SSSR count). The van der Waals surface area contributed by atoms with E-state index in [0.29, 0.717) is 19.3 Å². The summed E-state index contributed by atoms with van der Waals surface area (Å²) < 4.78 is 34.4. The molecular weight excluding hydrogens is 717 g/mol. The smallest absolute Gasteiger partial charge is 0.457 e. The third kappa shape index (κ3) is 24.8. The molecule has 0 saturated carbocycles. The van der Waals surface area contributed by atoms with Crippen LogP contribution < -0.4 is 5.32 Å². The first-order chi connectivity index (χ1) is 25.9. The summed E-state index contributed by atoms with van der Waals surface area (Å²) in [7, 11) is -5.24. The van der Waals surface area contributed by atoms with Gasteiger partial charge in [-0.05, 0) is 19.3 Å². The summed E-state index contributed by atoms with van der Waals surface area (Å²) in [5, 5.41) is 23.5. The van der Waals surface area contributed by atoms with Crippen LogP contribution in [-0.2, 0) is 37.7 Å². The molecule has 0 unspecified atom stereocenters. The number of unbranched alkanes of at least 4 members (excludes halogenated alkanes) is 20. The van der Waals surface area contributed by atoms with Crippen LogP contribution in [0.1, 0.15) is 194 Å². The van der Waals surface area contributed by atoms with E-state index in [4.69, 9.17) is 18.7 Å². The number of carbonyl (C=O) groups excluding carboxylic acids is 3. The second-order valence-electron chi connectivity index (χ2n) is 15.0. The minimum Gasteiger partial charge on any atom is -0.457 e. The Bertz CT molecular complexity index is 1030. The molecule has 1 aliphatic heterocycles. The van der Waals surface area contributed by atoms with Crippen LogP contribution in [0.4, 0.5) is 0 Å². The molecule has 0 aliphatic carbocycles. The quantitative estimate of drug-likeness (QED) is 0.0239. The van der Waals surface area contributed by atoms with Gasteiger partial charge in [0.25, 0.3) is 0 Å². The number of hydrogen-bond donors (Lipinski definition) is 5. The molecule has 318 valence electrons. The number of phosphoric ester groups is 1. The largest absolute Gasteiger partial charge is 0.470 e. The molecule has 0 bridgehead atoms. The minimum absolute atomic E-state index is 0.000148. The van der Waals surface area contributed by atoms with Crippen molar-refractivity contribution in [1.29, 1.82) is 0 Å². The molecule has 0 aromatic rings. The summed E-state index contributed by atoms with van der Waals surface area (Å²) in [5.74, 6) is -2.01. The minimum atomic E-state index is -5.24. The number of aliphatic hydroxyl groups is 2. The zero-order valence-corrected chi connectivity index (χ0v) is 34.7. The van der Waals surface area contributed by atoms with Gasteiger partial charge in [0.1, 0.15) is 18.2 Å². The number of phosphoric acid groups is 1. The van der Waals surface area contributed by atoms with Gasteiger partial charge in [-0.15, -0.1) is 0 Å². The maximum absolute atomic E-state index is 13.4. The van der Waals surface area contributed by atoms with Crippen molar-refractivity contribution in [3.63, 3.8) is 0 Å². The standard InChI is InChI=1S/C40H76NO12P/c1-4-7-10-13-16-17-20-23-25-28-35(45)51-39-37(41-34(44)30-32(43)27-24-21-18-14-11-8-5-2)40(50-33(31-42)38(39)53-54(47,48)49)52-36(46)29-26-22-19-15-12-9-6-3/h32-33,37-40,42-43H,4-31H2,1-3H3,(H,41,44)(H2,47,48,49)/t32-,33-,37-,38-,39-,40-/m1/s1. The van der Waals surface area contributed by atoms with Crippen molar-refractivity contribution < 1.29 is 57.7 Å². The van der Waals surface area contributed by atoms with E-state index in [-0.39, 0.29) is 19.3 Å². The van der Waals surface area contributed by atoms with Crippen LogP contribution in [-0.4, -0.2) is 81.2 Å². The number of esters is 2. The fourth-order valence-corrected chi connectivity index (χ4v) is 7.41. The predicted octanol–water partition coefficient (Wildman–Crippen LogP) is 8.07. The van der Waals surface area contributed by atoms with E-state index in [1.165, 1.54) is 38.5 Å². The SMILES string of the molecule is CCCCCCCCCCCC(=O)O[C@@H]1[C@@H](NC(=O)C[C@H](O)CCCCCCCCC)[C@@H](OC(=O)CCCCCCCCC)O[C@H](CO)[C@H]1OP(=O)(O)O. The van der Waals surface area contributed by atoms with E-state index in [2.05, 4.69) is 26.1 Å². The van der Waals surface area contributed by atoms with Crippen LogP contribution in [0.5, 0.6) is 0 Å². The Hall–Kier alpha value is -1.60. The highest BCUT2D eigenvalue weighted by molar-refractivity contribution is 7.46. The highest BCUT2D eigenvalue weighted by Gasteiger charge is 2.53. The van der Waals surface area contributed by atoms with Gasteiger partial charge in [-0.3, -0.25) is 18.9 Å². The van der Waals surface area contributed by atoms with Crippen LogP contribution >= 0.6 is 7.82 Å². The van der Waals surface area contributed by atoms with E-state index in [9.17, 15) is 38.9 Å². The summed E-state index contributed by atoms with van der Waals surface area (Å²) in [6.45, 7) is 5.66. The normalized spacial score (nSPS) is 20.8. The molecule has 1 saturated heterocycles. The summed E-state index contributed by atoms with van der Waals surface area (Å²) in [5.41, 5.74) is 0. The Morgan fingerprint density at radius 3 is 1.52 bits per heavy atom. The van der Waals surface area contributed by atoms with Crippen molar-refractivity contribution in [3.05, 3.63) is 0 Å². The van der Waals surface area contributed by atoms with Gasteiger partial charge in [0.05, 0.1) is 19.1 Å². The Morgan fingerprint density at radius 2 is 1.07 bits per heavy atom. The van der Waals surface area contributed by atoms with E-state index in [1.807, 2.05) is 0 Å². The van der Waals surface area contributed by atoms with Crippen LogP contribution in [0.25, 0.3) is 0 Å². The lowest BCUT2D eigenvalue weighted by Crippen LogP contribution is -2.66. The second kappa shape index (κ2) is 31.5. The molecule has 14 heteroatoms. The van der Waals surface area contributed by atoms with E-state index in [0.717, 1.165) is 96.3 Å². The Kier molecular flexibility index (Phi) is 29.4. The van der Waals surface area contributed by atoms with Crippen LogP contribution in [0.15, 0.2) is 0 Å². The van der Waals surface area contributed by atoms with E-state index in [1.54, 1.807) is 0 Å². The van der Waals surface area contributed by atoms with Gasteiger partial charge in [0.15, 0.2) is 6.10 Å². The summed E-state index contributed by atoms with van der Waals surface area (Å²) >= 11 is 0. The molecular formula is C40H76NO12P. The Morgan fingerprint density at radius 1 is 0.648 bits per heavy atom. The molecule has 6 atom stereocenters. The third-order valence-electron chi connectivity index (χ3n) is 9.96. The molecule has 1 amide bonds. The second-order valence-corrected chi connectivity index (χ2v) is 16.2. The molecule has 0 spiro atoms. The highest BCUT2D eigenvalue weighted by atomic mass is 31.2. The molecule has 5 N–H and O–H groups in total. The van der Waals surface area contributed by atoms with Gasteiger partial charge in [0.2, 0.25) is 12.2 Å². The van der Waals surface area contributed by atoms with E-state index >= 15 is 0 Å². The number of rotatable bonds is 34. The van der Waals surface area contributed by atoms with Crippen molar-refractivity contribution in [3.8, 4) is 0 Å². The van der Waals surface area contributed by atoms with Crippen LogP contribution in [0, 0.1) is 0 Å². The van der Waals surface area contributed by atoms with Gasteiger partial charge in [-0.25, -0.2) is 4.57 Å². The summed E-state index contributed by atoms with van der Waals surface area (Å²) in [4.78, 5) is 59.2. The first-order valence-electron chi connectivity index (χ1n) is 21.3. The average Bonchev–Trinajstić information content (AvgIpc) is 3.11. The van der Waals surface area contributed by atoms with Gasteiger partial charge in [-0.2, -0.15) is 0 Å². The van der Waals surface area contributed by atoms with Gasteiger partial charge >= 0.3 is 19.8 Å². The lowest BCUT2D eigenvalue weighted by Gasteiger charge is -2.44. The fourth-order valence-electron chi connectivity index (χ4n) is 6.83. The lowest BCUT2D eigenvalue weighted by molar-refractivity contribution is -0.264. The zero-order chi connectivity index (χ0) is 40.0. The molecule has 13 nitrogen and oxygen atoms in total. The van der Waals surface area contributed by atoms with Crippen molar-refractivity contribution >= 4 is 25.7 Å². The Balaban J connectivity index is 3.08. The van der Waals surface area contributed by atoms with Gasteiger partial charge in [0, 0.05) is 12.8 Å². The average molecular weight is 794 g/mol. The van der Waals surface area contributed by atoms with Crippen LogP contribution in [0.2, 0.25) is 0 Å². The number of hydrogen-bond acceptors (Lipinski definition) is 10. The molecule has 1 aliphatic rings. The van der Waals surface area contributed by atoms with Crippen LogP contribution in [0.3, 0.4) is 0 Å². The highest BCUT2D eigenvalue weighted by Crippen LogP contribution is 2.42. The lowest BCUT2D eigenvalue weighted by atomic mass is 9.96. The summed E-state index contributed by atoms with van der Waals surface area (Å²) in [6.07, 6.45) is 16.2. The molecule has 1 heterocycles. The predicted molar refractivity (Wildman–Crippen MR) is 208 cm³/mol.